The second-order valence-corrected chi connectivity index (χ2v) is 5.26. The van der Waals surface area contributed by atoms with E-state index in [4.69, 9.17) is 10.7 Å². The zero-order valence-electron chi connectivity index (χ0n) is 10.4. The van der Waals surface area contributed by atoms with Crippen LogP contribution in [-0.4, -0.2) is 11.5 Å². The zero-order chi connectivity index (χ0) is 11.5. The highest BCUT2D eigenvalue weighted by Gasteiger charge is 2.20. The van der Waals surface area contributed by atoms with Gasteiger partial charge in [-0.3, -0.25) is 4.98 Å². The summed E-state index contributed by atoms with van der Waals surface area (Å²) in [7, 11) is 0. The normalized spacial score (nSPS) is 19.9. The SMILES string of the molecule is CC(C)Cc1ccc2c(n1)CCCC2CN. The third kappa shape index (κ3) is 2.43. The van der Waals surface area contributed by atoms with Crippen molar-refractivity contribution in [2.45, 2.75) is 45.4 Å². The molecule has 1 aromatic heterocycles. The average Bonchev–Trinajstić information content (AvgIpc) is 2.27. The molecule has 0 aliphatic heterocycles. The van der Waals surface area contributed by atoms with Gasteiger partial charge in [-0.05, 0) is 55.7 Å². The van der Waals surface area contributed by atoms with Gasteiger partial charge in [-0.25, -0.2) is 0 Å². The van der Waals surface area contributed by atoms with Crippen molar-refractivity contribution in [1.29, 1.82) is 0 Å². The summed E-state index contributed by atoms with van der Waals surface area (Å²) in [5, 5.41) is 0. The molecule has 2 N–H and O–H groups in total. The molecule has 0 radical (unpaired) electrons. The van der Waals surface area contributed by atoms with Crippen LogP contribution in [0.5, 0.6) is 0 Å². The Morgan fingerprint density at radius 1 is 1.44 bits per heavy atom. The predicted octanol–water partition coefficient (Wildman–Crippen LogP) is 2.66. The summed E-state index contributed by atoms with van der Waals surface area (Å²) in [4.78, 5) is 4.80. The van der Waals surface area contributed by atoms with Gasteiger partial charge >= 0.3 is 0 Å². The van der Waals surface area contributed by atoms with Crippen LogP contribution in [0.25, 0.3) is 0 Å². The Balaban J connectivity index is 2.24. The second-order valence-electron chi connectivity index (χ2n) is 5.26. The Kier molecular flexibility index (Phi) is 3.59. The van der Waals surface area contributed by atoms with Gasteiger partial charge < -0.3 is 5.73 Å². The first kappa shape index (κ1) is 11.6. The van der Waals surface area contributed by atoms with Crippen LogP contribution in [0.1, 0.15) is 49.6 Å². The quantitative estimate of drug-likeness (QED) is 0.847. The van der Waals surface area contributed by atoms with Crippen LogP contribution < -0.4 is 5.73 Å². The first-order valence-electron chi connectivity index (χ1n) is 6.39. The van der Waals surface area contributed by atoms with E-state index >= 15 is 0 Å². The summed E-state index contributed by atoms with van der Waals surface area (Å²) >= 11 is 0. The fourth-order valence-corrected chi connectivity index (χ4v) is 2.58. The standard InChI is InChI=1S/C14H22N2/c1-10(2)8-12-6-7-13-11(9-15)4-3-5-14(13)16-12/h6-7,10-11H,3-5,8-9,15H2,1-2H3. The lowest BCUT2D eigenvalue weighted by Gasteiger charge is -2.24. The molecule has 0 saturated heterocycles. The van der Waals surface area contributed by atoms with Crippen molar-refractivity contribution in [1.82, 2.24) is 4.98 Å². The maximum atomic E-state index is 5.81. The molecule has 0 fully saturated rings. The molecule has 0 aromatic carbocycles. The first-order chi connectivity index (χ1) is 7.70. The Morgan fingerprint density at radius 2 is 2.25 bits per heavy atom. The number of rotatable bonds is 3. The van der Waals surface area contributed by atoms with Gasteiger partial charge in [0.05, 0.1) is 0 Å². The van der Waals surface area contributed by atoms with Crippen molar-refractivity contribution in [3.05, 3.63) is 29.1 Å². The van der Waals surface area contributed by atoms with Crippen LogP contribution in [0, 0.1) is 5.92 Å². The van der Waals surface area contributed by atoms with E-state index in [0.29, 0.717) is 11.8 Å². The largest absolute Gasteiger partial charge is 0.330 e. The molecule has 0 saturated carbocycles. The van der Waals surface area contributed by atoms with Gasteiger partial charge in [-0.2, -0.15) is 0 Å². The fourth-order valence-electron chi connectivity index (χ4n) is 2.58. The monoisotopic (exact) mass is 218 g/mol. The molecule has 1 heterocycles. The number of hydrogen-bond donors (Lipinski definition) is 1. The molecule has 1 aromatic rings. The molecule has 0 amide bonds. The Morgan fingerprint density at radius 3 is 2.94 bits per heavy atom. The summed E-state index contributed by atoms with van der Waals surface area (Å²) in [6.45, 7) is 5.24. The van der Waals surface area contributed by atoms with E-state index in [0.717, 1.165) is 19.4 Å². The maximum absolute atomic E-state index is 5.81. The minimum Gasteiger partial charge on any atom is -0.330 e. The summed E-state index contributed by atoms with van der Waals surface area (Å²) in [5.41, 5.74) is 9.76. The van der Waals surface area contributed by atoms with Crippen molar-refractivity contribution >= 4 is 0 Å². The van der Waals surface area contributed by atoms with Gasteiger partial charge in [0.1, 0.15) is 0 Å². The van der Waals surface area contributed by atoms with Gasteiger partial charge in [-0.15, -0.1) is 0 Å². The molecule has 2 heteroatoms. The van der Waals surface area contributed by atoms with Crippen LogP contribution in [0.15, 0.2) is 12.1 Å². The fraction of sp³-hybridized carbons (Fsp3) is 0.643. The molecule has 1 unspecified atom stereocenters. The lowest BCUT2D eigenvalue weighted by molar-refractivity contribution is 0.545. The zero-order valence-corrected chi connectivity index (χ0v) is 10.4. The molecule has 0 bridgehead atoms. The van der Waals surface area contributed by atoms with E-state index in [1.54, 1.807) is 0 Å². The summed E-state index contributed by atoms with van der Waals surface area (Å²) < 4.78 is 0. The van der Waals surface area contributed by atoms with E-state index in [1.807, 2.05) is 0 Å². The number of pyridine rings is 1. The van der Waals surface area contributed by atoms with Gasteiger partial charge in [0.15, 0.2) is 0 Å². The Bertz CT molecular complexity index is 358. The van der Waals surface area contributed by atoms with E-state index in [1.165, 1.54) is 29.8 Å². The minimum atomic E-state index is 0.546. The van der Waals surface area contributed by atoms with Crippen molar-refractivity contribution in [2.75, 3.05) is 6.54 Å². The Hall–Kier alpha value is -0.890. The molecule has 2 rings (SSSR count). The molecule has 16 heavy (non-hydrogen) atoms. The smallest absolute Gasteiger partial charge is 0.0442 e. The minimum absolute atomic E-state index is 0.546. The number of aromatic nitrogens is 1. The molecule has 88 valence electrons. The van der Waals surface area contributed by atoms with Crippen LogP contribution in [0.3, 0.4) is 0 Å². The van der Waals surface area contributed by atoms with Gasteiger partial charge in [0, 0.05) is 11.4 Å². The third-order valence-corrected chi connectivity index (χ3v) is 3.37. The predicted molar refractivity (Wildman–Crippen MR) is 67.5 cm³/mol. The number of nitrogens with zero attached hydrogens (tertiary/aromatic N) is 1. The molecule has 1 atom stereocenters. The third-order valence-electron chi connectivity index (χ3n) is 3.37. The lowest BCUT2D eigenvalue weighted by atomic mass is 9.85. The van der Waals surface area contributed by atoms with Crippen LogP contribution in [0.4, 0.5) is 0 Å². The van der Waals surface area contributed by atoms with Crippen molar-refractivity contribution in [3.63, 3.8) is 0 Å². The average molecular weight is 218 g/mol. The second kappa shape index (κ2) is 4.96. The molecular weight excluding hydrogens is 196 g/mol. The van der Waals surface area contributed by atoms with Gasteiger partial charge in [0.2, 0.25) is 0 Å². The summed E-state index contributed by atoms with van der Waals surface area (Å²) in [5.74, 6) is 1.23. The lowest BCUT2D eigenvalue weighted by Crippen LogP contribution is -2.19. The topological polar surface area (TPSA) is 38.9 Å². The van der Waals surface area contributed by atoms with Crippen LogP contribution in [0.2, 0.25) is 0 Å². The highest BCUT2D eigenvalue weighted by molar-refractivity contribution is 5.29. The van der Waals surface area contributed by atoms with Crippen molar-refractivity contribution in [3.8, 4) is 0 Å². The molecule has 1 aliphatic rings. The highest BCUT2D eigenvalue weighted by Crippen LogP contribution is 2.29. The van der Waals surface area contributed by atoms with Crippen molar-refractivity contribution in [2.24, 2.45) is 11.7 Å². The van der Waals surface area contributed by atoms with Crippen LogP contribution in [-0.2, 0) is 12.8 Å². The molecule has 1 aliphatic carbocycles. The van der Waals surface area contributed by atoms with Crippen molar-refractivity contribution < 1.29 is 0 Å². The first-order valence-corrected chi connectivity index (χ1v) is 6.39. The Labute approximate surface area is 98.3 Å². The number of aryl methyl sites for hydroxylation is 1. The van der Waals surface area contributed by atoms with E-state index in [2.05, 4.69) is 26.0 Å². The van der Waals surface area contributed by atoms with Gasteiger partial charge in [-0.1, -0.05) is 19.9 Å². The van der Waals surface area contributed by atoms with Crippen LogP contribution >= 0.6 is 0 Å². The number of hydrogen-bond acceptors (Lipinski definition) is 2. The highest BCUT2D eigenvalue weighted by atomic mass is 14.7. The molecular formula is C14H22N2. The maximum Gasteiger partial charge on any atom is 0.0442 e. The van der Waals surface area contributed by atoms with Gasteiger partial charge in [0.25, 0.3) is 0 Å². The number of fused-ring (bicyclic) bond motifs is 1. The summed E-state index contributed by atoms with van der Waals surface area (Å²) in [6.07, 6.45) is 4.69. The molecule has 0 spiro atoms. The molecule has 2 nitrogen and oxygen atoms in total. The van der Waals surface area contributed by atoms with E-state index < -0.39 is 0 Å². The number of nitrogens with two attached hydrogens (primary N) is 1. The van der Waals surface area contributed by atoms with E-state index in [-0.39, 0.29) is 0 Å². The summed E-state index contributed by atoms with van der Waals surface area (Å²) in [6, 6.07) is 4.45. The van der Waals surface area contributed by atoms with E-state index in [9.17, 15) is 0 Å².